The Labute approximate surface area is 192 Å². The third-order valence-electron chi connectivity index (χ3n) is 4.26. The van der Waals surface area contributed by atoms with Crippen LogP contribution < -0.4 is 15.5 Å². The molecule has 0 radical (unpaired) electrons. The molecule has 0 spiro atoms. The van der Waals surface area contributed by atoms with Crippen LogP contribution in [0.25, 0.3) is 0 Å². The second-order valence-electron chi connectivity index (χ2n) is 6.60. The minimum atomic E-state index is -0.991. The fourth-order valence-electron chi connectivity index (χ4n) is 2.54. The van der Waals surface area contributed by atoms with Crippen molar-refractivity contribution >= 4 is 35.4 Å². The predicted octanol–water partition coefficient (Wildman–Crippen LogP) is 2.77. The number of nitro groups is 1. The first-order valence-corrected chi connectivity index (χ1v) is 9.57. The standard InChI is InChI=1S/C23H15N5O6/c24-13-15-1-7-18(8-2-15)26-21(29)22(30)27-25-14-16-3-11-20(12-4-16)34-23(31)17-5-9-19(10-6-17)28(32)33/h1-12,14H,(H,26,29)(H,27,30). The van der Waals surface area contributed by atoms with Crippen molar-refractivity contribution < 1.29 is 24.0 Å². The Bertz CT molecular complexity index is 1290. The molecule has 2 N–H and O–H groups in total. The van der Waals surface area contributed by atoms with Crippen molar-refractivity contribution in [3.8, 4) is 11.8 Å². The second-order valence-corrected chi connectivity index (χ2v) is 6.60. The van der Waals surface area contributed by atoms with Gasteiger partial charge >= 0.3 is 17.8 Å². The van der Waals surface area contributed by atoms with Crippen LogP contribution in [0, 0.1) is 21.4 Å². The number of carbonyl (C=O) groups excluding carboxylic acids is 3. The van der Waals surface area contributed by atoms with Crippen molar-refractivity contribution in [3.63, 3.8) is 0 Å². The summed E-state index contributed by atoms with van der Waals surface area (Å²) in [7, 11) is 0. The fourth-order valence-corrected chi connectivity index (χ4v) is 2.54. The van der Waals surface area contributed by atoms with Crippen molar-refractivity contribution in [3.05, 3.63) is 99.6 Å². The minimum Gasteiger partial charge on any atom is -0.423 e. The maximum atomic E-state index is 12.1. The van der Waals surface area contributed by atoms with Crippen molar-refractivity contribution in [2.45, 2.75) is 0 Å². The molecule has 168 valence electrons. The Balaban J connectivity index is 1.50. The number of ether oxygens (including phenoxy) is 1. The molecule has 0 heterocycles. The molecule has 3 rings (SSSR count). The number of nitro benzene ring substituents is 1. The summed E-state index contributed by atoms with van der Waals surface area (Å²) in [5.41, 5.74) is 3.41. The molecule has 0 saturated heterocycles. The number of nitriles is 1. The van der Waals surface area contributed by atoms with E-state index in [9.17, 15) is 24.5 Å². The lowest BCUT2D eigenvalue weighted by Crippen LogP contribution is -2.32. The Morgan fingerprint density at radius 3 is 2.18 bits per heavy atom. The number of rotatable bonds is 6. The van der Waals surface area contributed by atoms with Crippen LogP contribution >= 0.6 is 0 Å². The Morgan fingerprint density at radius 1 is 0.941 bits per heavy atom. The van der Waals surface area contributed by atoms with Crippen LogP contribution in [-0.4, -0.2) is 28.9 Å². The average molecular weight is 457 g/mol. The predicted molar refractivity (Wildman–Crippen MR) is 120 cm³/mol. The van der Waals surface area contributed by atoms with E-state index in [1.165, 1.54) is 66.9 Å². The largest absolute Gasteiger partial charge is 0.423 e. The van der Waals surface area contributed by atoms with Crippen molar-refractivity contribution in [2.75, 3.05) is 5.32 Å². The maximum absolute atomic E-state index is 12.1. The van der Waals surface area contributed by atoms with E-state index in [4.69, 9.17) is 10.00 Å². The van der Waals surface area contributed by atoms with Crippen LogP contribution in [0.1, 0.15) is 21.5 Å². The van der Waals surface area contributed by atoms with Crippen LogP contribution in [0.15, 0.2) is 77.9 Å². The van der Waals surface area contributed by atoms with Gasteiger partial charge in [-0.05, 0) is 66.2 Å². The van der Waals surface area contributed by atoms with Gasteiger partial charge in [-0.2, -0.15) is 10.4 Å². The molecular formula is C23H15N5O6. The van der Waals surface area contributed by atoms with Gasteiger partial charge in [-0.1, -0.05) is 0 Å². The third kappa shape index (κ3) is 6.32. The highest BCUT2D eigenvalue weighted by Gasteiger charge is 2.13. The van der Waals surface area contributed by atoms with Crippen molar-refractivity contribution in [2.24, 2.45) is 5.10 Å². The molecule has 34 heavy (non-hydrogen) atoms. The lowest BCUT2D eigenvalue weighted by Gasteiger charge is -2.05. The first-order valence-electron chi connectivity index (χ1n) is 9.57. The highest BCUT2D eigenvalue weighted by atomic mass is 16.6. The molecule has 3 aromatic rings. The molecule has 0 bridgehead atoms. The van der Waals surface area contributed by atoms with Gasteiger partial charge in [0.15, 0.2) is 0 Å². The lowest BCUT2D eigenvalue weighted by molar-refractivity contribution is -0.384. The van der Waals surface area contributed by atoms with E-state index in [1.54, 1.807) is 12.1 Å². The van der Waals surface area contributed by atoms with E-state index >= 15 is 0 Å². The zero-order valence-electron chi connectivity index (χ0n) is 17.3. The normalized spacial score (nSPS) is 10.2. The number of nitrogens with zero attached hydrogens (tertiary/aromatic N) is 3. The molecule has 0 aliphatic rings. The summed E-state index contributed by atoms with van der Waals surface area (Å²) in [5.74, 6) is -2.38. The van der Waals surface area contributed by atoms with E-state index in [-0.39, 0.29) is 17.0 Å². The molecule has 0 atom stereocenters. The van der Waals surface area contributed by atoms with Gasteiger partial charge in [0, 0.05) is 17.8 Å². The molecule has 0 aliphatic heterocycles. The molecular weight excluding hydrogens is 442 g/mol. The van der Waals surface area contributed by atoms with E-state index in [0.717, 1.165) is 0 Å². The Morgan fingerprint density at radius 2 is 1.59 bits per heavy atom. The number of benzene rings is 3. The topological polar surface area (TPSA) is 164 Å². The summed E-state index contributed by atoms with van der Waals surface area (Å²) in [6.07, 6.45) is 1.29. The van der Waals surface area contributed by atoms with Gasteiger partial charge in [-0.15, -0.1) is 0 Å². The highest BCUT2D eigenvalue weighted by Crippen LogP contribution is 2.16. The number of esters is 1. The zero-order valence-corrected chi connectivity index (χ0v) is 17.3. The summed E-state index contributed by atoms with van der Waals surface area (Å²) < 4.78 is 5.21. The maximum Gasteiger partial charge on any atom is 0.343 e. The molecule has 11 nitrogen and oxygen atoms in total. The molecule has 0 unspecified atom stereocenters. The van der Waals surface area contributed by atoms with Gasteiger partial charge in [-0.3, -0.25) is 19.7 Å². The quantitative estimate of drug-likeness (QED) is 0.143. The molecule has 0 saturated carbocycles. The number of nitrogens with one attached hydrogen (secondary N) is 2. The van der Waals surface area contributed by atoms with E-state index in [0.29, 0.717) is 16.8 Å². The van der Waals surface area contributed by atoms with E-state index in [2.05, 4.69) is 15.8 Å². The molecule has 0 aromatic heterocycles. The number of hydrogen-bond donors (Lipinski definition) is 2. The molecule has 2 amide bonds. The first kappa shape index (κ1) is 23.3. The second kappa shape index (κ2) is 10.8. The summed E-state index contributed by atoms with van der Waals surface area (Å²) >= 11 is 0. The molecule has 0 aliphatic carbocycles. The van der Waals surface area contributed by atoms with Crippen LogP contribution in [0.4, 0.5) is 11.4 Å². The third-order valence-corrected chi connectivity index (χ3v) is 4.26. The SMILES string of the molecule is N#Cc1ccc(NC(=O)C(=O)NN=Cc2ccc(OC(=O)c3ccc([N+](=O)[O-])cc3)cc2)cc1. The summed E-state index contributed by atoms with van der Waals surface area (Å²) in [5, 5.41) is 25.5. The minimum absolute atomic E-state index is 0.140. The number of amides is 2. The number of carbonyl (C=O) groups is 3. The Kier molecular flexibility index (Phi) is 7.39. The van der Waals surface area contributed by atoms with Crippen LogP contribution in [0.2, 0.25) is 0 Å². The van der Waals surface area contributed by atoms with E-state index in [1.807, 2.05) is 6.07 Å². The smallest absolute Gasteiger partial charge is 0.343 e. The summed E-state index contributed by atoms with van der Waals surface area (Å²) in [6, 6.07) is 19.0. The highest BCUT2D eigenvalue weighted by molar-refractivity contribution is 6.39. The van der Waals surface area contributed by atoms with Gasteiger partial charge in [0.05, 0.1) is 28.3 Å². The lowest BCUT2D eigenvalue weighted by atomic mass is 10.2. The monoisotopic (exact) mass is 457 g/mol. The van der Waals surface area contributed by atoms with Crippen molar-refractivity contribution in [1.29, 1.82) is 5.26 Å². The average Bonchev–Trinajstić information content (AvgIpc) is 2.85. The van der Waals surface area contributed by atoms with Crippen molar-refractivity contribution in [1.82, 2.24) is 5.43 Å². The van der Waals surface area contributed by atoms with Crippen LogP contribution in [-0.2, 0) is 9.59 Å². The molecule has 3 aromatic carbocycles. The zero-order chi connectivity index (χ0) is 24.5. The summed E-state index contributed by atoms with van der Waals surface area (Å²) in [6.45, 7) is 0. The van der Waals surface area contributed by atoms with Crippen LogP contribution in [0.5, 0.6) is 5.75 Å². The van der Waals surface area contributed by atoms with E-state index < -0.39 is 22.7 Å². The Hall–Kier alpha value is -5.37. The van der Waals surface area contributed by atoms with Gasteiger partial charge in [0.1, 0.15) is 5.75 Å². The number of hydrogen-bond acceptors (Lipinski definition) is 8. The number of non-ortho nitro benzene ring substituents is 1. The fraction of sp³-hybridized carbons (Fsp3) is 0. The van der Waals surface area contributed by atoms with Gasteiger partial charge in [0.25, 0.3) is 5.69 Å². The van der Waals surface area contributed by atoms with Gasteiger partial charge in [-0.25, -0.2) is 10.2 Å². The number of anilines is 1. The van der Waals surface area contributed by atoms with Gasteiger partial charge < -0.3 is 10.1 Å². The van der Waals surface area contributed by atoms with Gasteiger partial charge in [0.2, 0.25) is 0 Å². The molecule has 0 fully saturated rings. The van der Waals surface area contributed by atoms with Crippen LogP contribution in [0.3, 0.4) is 0 Å². The number of hydrazone groups is 1. The summed E-state index contributed by atoms with van der Waals surface area (Å²) in [4.78, 5) is 46.0. The molecule has 11 heteroatoms. The first-order chi connectivity index (χ1) is 16.4.